The van der Waals surface area contributed by atoms with Crippen molar-refractivity contribution in [3.05, 3.63) is 36.7 Å². The Morgan fingerprint density at radius 2 is 2.19 bits per heavy atom. The molecule has 2 amide bonds. The minimum Gasteiger partial charge on any atom is -0.480 e. The van der Waals surface area contributed by atoms with E-state index >= 15 is 0 Å². The molecule has 1 aromatic carbocycles. The van der Waals surface area contributed by atoms with Crippen molar-refractivity contribution in [1.82, 2.24) is 10.3 Å². The van der Waals surface area contributed by atoms with E-state index in [2.05, 4.69) is 21.5 Å². The van der Waals surface area contributed by atoms with E-state index in [4.69, 9.17) is 11.5 Å². The van der Waals surface area contributed by atoms with Crippen LogP contribution in [0, 0.1) is 12.3 Å². The second kappa shape index (κ2) is 6.39. The Morgan fingerprint density at radius 3 is 2.90 bits per heavy atom. The first-order valence-electron chi connectivity index (χ1n) is 6.18. The summed E-state index contributed by atoms with van der Waals surface area (Å²) >= 11 is 0. The van der Waals surface area contributed by atoms with Crippen molar-refractivity contribution in [2.45, 2.75) is 12.5 Å². The predicted molar refractivity (Wildman–Crippen MR) is 78.8 cm³/mol. The molecule has 0 saturated heterocycles. The zero-order chi connectivity index (χ0) is 15.2. The number of aromatic nitrogens is 1. The molecule has 1 unspecified atom stereocenters. The fourth-order valence-corrected chi connectivity index (χ4v) is 1.87. The molecule has 0 radical (unpaired) electrons. The summed E-state index contributed by atoms with van der Waals surface area (Å²) in [5.41, 5.74) is 0.567. The summed E-state index contributed by atoms with van der Waals surface area (Å²) in [5, 5.41) is 15.6. The number of urea groups is 1. The molecule has 1 atom stereocenters. The van der Waals surface area contributed by atoms with Crippen LogP contribution in [0.15, 0.2) is 36.7 Å². The molecule has 6 nitrogen and oxygen atoms in total. The molecule has 3 N–H and O–H groups in total. The SMILES string of the molecule is C#CCC(NC(=O)Nc1cccc2cnccc12)C(=O)O. The van der Waals surface area contributed by atoms with Crippen molar-refractivity contribution < 1.29 is 14.7 Å². The smallest absolute Gasteiger partial charge is 0.327 e. The largest absolute Gasteiger partial charge is 0.480 e. The Bertz CT molecular complexity index is 716. The molecule has 0 fully saturated rings. The molecule has 0 spiro atoms. The van der Waals surface area contributed by atoms with E-state index in [9.17, 15) is 9.59 Å². The van der Waals surface area contributed by atoms with Crippen LogP contribution in [0.4, 0.5) is 10.5 Å². The number of carboxylic acids is 1. The molecule has 2 aromatic rings. The Hall–Kier alpha value is -3.07. The van der Waals surface area contributed by atoms with Gasteiger partial charge in [-0.25, -0.2) is 9.59 Å². The zero-order valence-electron chi connectivity index (χ0n) is 11.0. The van der Waals surface area contributed by atoms with Gasteiger partial charge in [-0.2, -0.15) is 0 Å². The second-order valence-corrected chi connectivity index (χ2v) is 4.30. The zero-order valence-corrected chi connectivity index (χ0v) is 11.0. The summed E-state index contributed by atoms with van der Waals surface area (Å²) in [5.74, 6) is 1.04. The Labute approximate surface area is 121 Å². The molecule has 0 saturated carbocycles. The van der Waals surface area contributed by atoms with Gasteiger partial charge in [-0.3, -0.25) is 4.98 Å². The molecule has 2 rings (SSSR count). The normalized spacial score (nSPS) is 11.4. The van der Waals surface area contributed by atoms with Crippen LogP contribution in [-0.2, 0) is 4.79 Å². The van der Waals surface area contributed by atoms with Crippen molar-refractivity contribution in [3.63, 3.8) is 0 Å². The molecule has 6 heteroatoms. The van der Waals surface area contributed by atoms with E-state index in [1.807, 2.05) is 6.07 Å². The lowest BCUT2D eigenvalue weighted by molar-refractivity contribution is -0.139. The number of terminal acetylenes is 1. The minimum atomic E-state index is -1.18. The second-order valence-electron chi connectivity index (χ2n) is 4.30. The number of rotatable bonds is 4. The highest BCUT2D eigenvalue weighted by molar-refractivity contribution is 6.02. The fourth-order valence-electron chi connectivity index (χ4n) is 1.87. The summed E-state index contributed by atoms with van der Waals surface area (Å²) in [6.07, 6.45) is 8.29. The highest BCUT2D eigenvalue weighted by atomic mass is 16.4. The van der Waals surface area contributed by atoms with Crippen LogP contribution in [-0.4, -0.2) is 28.1 Å². The minimum absolute atomic E-state index is 0.0811. The first-order valence-corrected chi connectivity index (χ1v) is 6.18. The van der Waals surface area contributed by atoms with Gasteiger partial charge in [0.2, 0.25) is 0 Å². The average Bonchev–Trinajstić information content (AvgIpc) is 2.47. The van der Waals surface area contributed by atoms with Gasteiger partial charge in [-0.15, -0.1) is 12.3 Å². The predicted octanol–water partition coefficient (Wildman–Crippen LogP) is 1.83. The lowest BCUT2D eigenvalue weighted by Crippen LogP contribution is -2.42. The van der Waals surface area contributed by atoms with Gasteiger partial charge < -0.3 is 15.7 Å². The van der Waals surface area contributed by atoms with Gasteiger partial charge in [0, 0.05) is 29.6 Å². The molecule has 21 heavy (non-hydrogen) atoms. The molecule has 0 aliphatic rings. The van der Waals surface area contributed by atoms with E-state index in [1.165, 1.54) is 0 Å². The number of fused-ring (bicyclic) bond motifs is 1. The Kier molecular flexibility index (Phi) is 4.36. The molecule has 1 heterocycles. The van der Waals surface area contributed by atoms with Crippen LogP contribution >= 0.6 is 0 Å². The third-order valence-electron chi connectivity index (χ3n) is 2.85. The van der Waals surface area contributed by atoms with Gasteiger partial charge >= 0.3 is 12.0 Å². The number of anilines is 1. The maximum atomic E-state index is 11.9. The fraction of sp³-hybridized carbons (Fsp3) is 0.133. The van der Waals surface area contributed by atoms with Crippen LogP contribution in [0.5, 0.6) is 0 Å². The topological polar surface area (TPSA) is 91.3 Å². The third kappa shape index (κ3) is 3.48. The lowest BCUT2D eigenvalue weighted by atomic mass is 10.1. The monoisotopic (exact) mass is 283 g/mol. The number of nitrogens with one attached hydrogen (secondary N) is 2. The van der Waals surface area contributed by atoms with Crippen LogP contribution in [0.2, 0.25) is 0 Å². The van der Waals surface area contributed by atoms with Crippen molar-refractivity contribution in [2.24, 2.45) is 0 Å². The molecule has 106 valence electrons. The molecule has 0 aliphatic carbocycles. The van der Waals surface area contributed by atoms with E-state index in [0.29, 0.717) is 5.69 Å². The van der Waals surface area contributed by atoms with Crippen molar-refractivity contribution >= 4 is 28.5 Å². The van der Waals surface area contributed by atoms with Gasteiger partial charge in [-0.05, 0) is 12.1 Å². The summed E-state index contributed by atoms with van der Waals surface area (Å²) in [6, 6.07) is 5.38. The van der Waals surface area contributed by atoms with Gasteiger partial charge in [0.15, 0.2) is 0 Å². The molecular formula is C15H13N3O3. The van der Waals surface area contributed by atoms with Gasteiger partial charge in [0.05, 0.1) is 5.69 Å². The summed E-state index contributed by atoms with van der Waals surface area (Å²) < 4.78 is 0. The van der Waals surface area contributed by atoms with Crippen LogP contribution in [0.3, 0.4) is 0 Å². The number of carbonyl (C=O) groups excluding carboxylic acids is 1. The molecular weight excluding hydrogens is 270 g/mol. The quantitative estimate of drug-likeness (QED) is 0.746. The Morgan fingerprint density at radius 1 is 1.38 bits per heavy atom. The number of carbonyl (C=O) groups is 2. The average molecular weight is 283 g/mol. The van der Waals surface area contributed by atoms with E-state index in [0.717, 1.165) is 10.8 Å². The Balaban J connectivity index is 2.15. The third-order valence-corrected chi connectivity index (χ3v) is 2.85. The van der Waals surface area contributed by atoms with Crippen molar-refractivity contribution in [2.75, 3.05) is 5.32 Å². The number of pyridine rings is 1. The number of carboxylic acid groups (broad SMARTS) is 1. The van der Waals surface area contributed by atoms with Crippen molar-refractivity contribution in [1.29, 1.82) is 0 Å². The van der Waals surface area contributed by atoms with Gasteiger partial charge in [0.1, 0.15) is 6.04 Å². The van der Waals surface area contributed by atoms with Crippen LogP contribution in [0.1, 0.15) is 6.42 Å². The number of aliphatic carboxylic acids is 1. The molecule has 1 aromatic heterocycles. The maximum absolute atomic E-state index is 11.9. The summed E-state index contributed by atoms with van der Waals surface area (Å²) in [4.78, 5) is 26.8. The van der Waals surface area contributed by atoms with Crippen molar-refractivity contribution in [3.8, 4) is 12.3 Å². The first kappa shape index (κ1) is 14.3. The van der Waals surface area contributed by atoms with E-state index in [1.54, 1.807) is 30.6 Å². The summed E-state index contributed by atoms with van der Waals surface area (Å²) in [6.45, 7) is 0. The van der Waals surface area contributed by atoms with Crippen LogP contribution < -0.4 is 10.6 Å². The number of nitrogens with zero attached hydrogens (tertiary/aromatic N) is 1. The van der Waals surface area contributed by atoms with Gasteiger partial charge in [-0.1, -0.05) is 12.1 Å². The van der Waals surface area contributed by atoms with Gasteiger partial charge in [0.25, 0.3) is 0 Å². The lowest BCUT2D eigenvalue weighted by Gasteiger charge is -2.13. The number of benzene rings is 1. The molecule has 0 aliphatic heterocycles. The number of amides is 2. The maximum Gasteiger partial charge on any atom is 0.327 e. The van der Waals surface area contributed by atoms with E-state index in [-0.39, 0.29) is 6.42 Å². The highest BCUT2D eigenvalue weighted by Crippen LogP contribution is 2.21. The van der Waals surface area contributed by atoms with Crippen LogP contribution in [0.25, 0.3) is 10.8 Å². The number of hydrogen-bond donors (Lipinski definition) is 3. The standard InChI is InChI=1S/C15H13N3O3/c1-2-4-13(14(19)20)18-15(21)17-12-6-3-5-10-9-16-8-7-11(10)12/h1,3,5-9,13H,4H2,(H,19,20)(H2,17,18,21). The van der Waals surface area contributed by atoms with E-state index < -0.39 is 18.0 Å². The molecule has 0 bridgehead atoms. The summed E-state index contributed by atoms with van der Waals surface area (Å²) in [7, 11) is 0. The highest BCUT2D eigenvalue weighted by Gasteiger charge is 2.18. The number of hydrogen-bond acceptors (Lipinski definition) is 3. The first-order chi connectivity index (χ1) is 10.1.